The maximum atomic E-state index is 2.41. The summed E-state index contributed by atoms with van der Waals surface area (Å²) < 4.78 is 1.33. The molecule has 0 heterocycles. The molecule has 70 valence electrons. The van der Waals surface area contributed by atoms with E-state index in [2.05, 4.69) is 71.1 Å². The van der Waals surface area contributed by atoms with Crippen LogP contribution in [0.15, 0.2) is 42.5 Å². The molecule has 0 N–H and O–H groups in total. The van der Waals surface area contributed by atoms with Gasteiger partial charge in [0, 0.05) is 3.57 Å². The smallest absolute Gasteiger partial charge is 0.0281 e. The molecular weight excluding hydrogens is 283 g/mol. The van der Waals surface area contributed by atoms with E-state index in [4.69, 9.17) is 0 Å². The predicted octanol–water partition coefficient (Wildman–Crippen LogP) is 4.48. The minimum Gasteiger partial charge on any atom is -0.0870 e. The molecule has 2 aromatic carbocycles. The van der Waals surface area contributed by atoms with Gasteiger partial charge in [0.25, 0.3) is 0 Å². The van der Waals surface area contributed by atoms with Crippen molar-refractivity contribution in [3.05, 3.63) is 51.6 Å². The van der Waals surface area contributed by atoms with Crippen LogP contribution in [0, 0.1) is 3.57 Å². The molecule has 0 unspecified atom stereocenters. The first-order chi connectivity index (χ1) is 6.83. The first-order valence-electron chi connectivity index (χ1n) is 4.63. The maximum Gasteiger partial charge on any atom is 0.0281 e. The fraction of sp³-hybridized carbons (Fsp3) is 0.0769. The van der Waals surface area contributed by atoms with Crippen molar-refractivity contribution < 1.29 is 0 Å². The lowest BCUT2D eigenvalue weighted by atomic mass is 10.1. The van der Waals surface area contributed by atoms with Gasteiger partial charge in [-0.2, -0.15) is 0 Å². The minimum absolute atomic E-state index is 1.30. The summed E-state index contributed by atoms with van der Waals surface area (Å²) in [7, 11) is 0. The Bertz CT molecular complexity index is 484. The lowest BCUT2D eigenvalue weighted by molar-refractivity contribution is 1.64. The first-order valence-corrected chi connectivity index (χ1v) is 5.71. The second-order valence-electron chi connectivity index (χ2n) is 3.19. The van der Waals surface area contributed by atoms with E-state index in [0.29, 0.717) is 0 Å². The third-order valence-corrected chi connectivity index (χ3v) is 3.44. The predicted molar refractivity (Wildman–Crippen MR) is 71.4 cm³/mol. The van der Waals surface area contributed by atoms with Crippen molar-refractivity contribution in [2.75, 3.05) is 0 Å². The Morgan fingerprint density at radius 1 is 1.07 bits per heavy atom. The molecule has 0 amide bonds. The molecule has 2 rings (SSSR count). The van der Waals surface area contributed by atoms with Crippen LogP contribution < -0.4 is 0 Å². The van der Waals surface area contributed by atoms with Crippen molar-refractivity contribution in [3.8, 4) is 0 Å². The van der Waals surface area contributed by atoms with Gasteiger partial charge >= 0.3 is 0 Å². The molecule has 2 aromatic rings. The van der Waals surface area contributed by atoms with Gasteiger partial charge in [-0.25, -0.2) is 0 Å². The molecule has 0 aromatic heterocycles. The largest absolute Gasteiger partial charge is 0.0870 e. The number of rotatable bonds is 1. The summed E-state index contributed by atoms with van der Waals surface area (Å²) in [6.07, 6.45) is 4.22. The summed E-state index contributed by atoms with van der Waals surface area (Å²) in [6, 6.07) is 12.8. The van der Waals surface area contributed by atoms with E-state index < -0.39 is 0 Å². The third kappa shape index (κ3) is 1.69. The lowest BCUT2D eigenvalue weighted by Crippen LogP contribution is -1.82. The molecule has 0 saturated heterocycles. The molecule has 0 aliphatic heterocycles. The van der Waals surface area contributed by atoms with Crippen LogP contribution in [0.1, 0.15) is 12.5 Å². The third-order valence-electron chi connectivity index (χ3n) is 2.24. The lowest BCUT2D eigenvalue weighted by Gasteiger charge is -2.03. The molecule has 1 heteroatoms. The van der Waals surface area contributed by atoms with E-state index in [1.54, 1.807) is 0 Å². The standard InChI is InChI=1S/C13H11I/c1-2-5-11-9-8-10-6-3-4-7-12(10)13(11)14/h2-9H,1H3. The van der Waals surface area contributed by atoms with Crippen LogP contribution in [-0.4, -0.2) is 0 Å². The monoisotopic (exact) mass is 294 g/mol. The van der Waals surface area contributed by atoms with Crippen molar-refractivity contribution in [3.63, 3.8) is 0 Å². The molecule has 0 radical (unpaired) electrons. The van der Waals surface area contributed by atoms with Gasteiger partial charge in [-0.3, -0.25) is 0 Å². The normalized spacial score (nSPS) is 11.3. The Balaban J connectivity index is 2.75. The highest BCUT2D eigenvalue weighted by atomic mass is 127. The molecule has 0 aliphatic rings. The van der Waals surface area contributed by atoms with Crippen molar-refractivity contribution in [2.24, 2.45) is 0 Å². The molecule has 0 fully saturated rings. The van der Waals surface area contributed by atoms with Crippen LogP contribution in [0.2, 0.25) is 0 Å². The summed E-state index contributed by atoms with van der Waals surface area (Å²) in [4.78, 5) is 0. The maximum absolute atomic E-state index is 2.41. The number of halogens is 1. The zero-order valence-corrected chi connectivity index (χ0v) is 10.2. The van der Waals surface area contributed by atoms with Gasteiger partial charge in [0.2, 0.25) is 0 Å². The Morgan fingerprint density at radius 3 is 2.64 bits per heavy atom. The first kappa shape index (κ1) is 9.71. The second-order valence-corrected chi connectivity index (χ2v) is 4.27. The topological polar surface area (TPSA) is 0 Å². The average Bonchev–Trinajstić information content (AvgIpc) is 2.23. The SMILES string of the molecule is CC=Cc1ccc2ccccc2c1I. The molecule has 14 heavy (non-hydrogen) atoms. The van der Waals surface area contributed by atoms with Crippen LogP contribution in [0.25, 0.3) is 16.8 Å². The highest BCUT2D eigenvalue weighted by molar-refractivity contribution is 14.1. The highest BCUT2D eigenvalue weighted by Gasteiger charge is 2.00. The minimum atomic E-state index is 1.30. The number of hydrogen-bond donors (Lipinski definition) is 0. The van der Waals surface area contributed by atoms with Gasteiger partial charge in [0.05, 0.1) is 0 Å². The van der Waals surface area contributed by atoms with Gasteiger partial charge in [0.15, 0.2) is 0 Å². The van der Waals surface area contributed by atoms with Crippen molar-refractivity contribution >= 4 is 39.4 Å². The molecule has 0 nitrogen and oxygen atoms in total. The fourth-order valence-electron chi connectivity index (χ4n) is 1.56. The van der Waals surface area contributed by atoms with E-state index in [0.717, 1.165) is 0 Å². The van der Waals surface area contributed by atoms with Gasteiger partial charge in [-0.15, -0.1) is 0 Å². The van der Waals surface area contributed by atoms with E-state index in [1.165, 1.54) is 19.9 Å². The molecule has 0 aliphatic carbocycles. The Hall–Kier alpha value is -0.830. The zero-order valence-electron chi connectivity index (χ0n) is 8.00. The summed E-state index contributed by atoms with van der Waals surface area (Å²) in [6.45, 7) is 2.05. The quantitative estimate of drug-likeness (QED) is 0.680. The summed E-state index contributed by atoms with van der Waals surface area (Å²) in [5.74, 6) is 0. The average molecular weight is 294 g/mol. The fourth-order valence-corrected chi connectivity index (χ4v) is 2.41. The van der Waals surface area contributed by atoms with E-state index in [1.807, 2.05) is 6.92 Å². The van der Waals surface area contributed by atoms with Gasteiger partial charge in [0.1, 0.15) is 0 Å². The summed E-state index contributed by atoms with van der Waals surface area (Å²) in [5.41, 5.74) is 1.30. The number of fused-ring (bicyclic) bond motifs is 1. The Kier molecular flexibility index (Phi) is 2.87. The van der Waals surface area contributed by atoms with E-state index in [-0.39, 0.29) is 0 Å². The van der Waals surface area contributed by atoms with E-state index in [9.17, 15) is 0 Å². The summed E-state index contributed by atoms with van der Waals surface area (Å²) >= 11 is 2.41. The molecule has 0 bridgehead atoms. The van der Waals surface area contributed by atoms with Crippen LogP contribution >= 0.6 is 22.6 Å². The van der Waals surface area contributed by atoms with Crippen LogP contribution in [-0.2, 0) is 0 Å². The van der Waals surface area contributed by atoms with Gasteiger partial charge < -0.3 is 0 Å². The van der Waals surface area contributed by atoms with Crippen LogP contribution in [0.4, 0.5) is 0 Å². The Morgan fingerprint density at radius 2 is 1.86 bits per heavy atom. The van der Waals surface area contributed by atoms with Gasteiger partial charge in [-0.05, 0) is 45.9 Å². The van der Waals surface area contributed by atoms with Gasteiger partial charge in [-0.1, -0.05) is 48.6 Å². The molecular formula is C13H11I. The van der Waals surface area contributed by atoms with Crippen molar-refractivity contribution in [1.29, 1.82) is 0 Å². The summed E-state index contributed by atoms with van der Waals surface area (Å²) in [5, 5.41) is 2.65. The van der Waals surface area contributed by atoms with Crippen molar-refractivity contribution in [2.45, 2.75) is 6.92 Å². The van der Waals surface area contributed by atoms with Crippen LogP contribution in [0.3, 0.4) is 0 Å². The molecule has 0 saturated carbocycles. The Labute approximate surface area is 97.8 Å². The van der Waals surface area contributed by atoms with Crippen molar-refractivity contribution in [1.82, 2.24) is 0 Å². The molecule has 0 spiro atoms. The number of allylic oxidation sites excluding steroid dienone is 1. The number of hydrogen-bond acceptors (Lipinski definition) is 0. The van der Waals surface area contributed by atoms with E-state index >= 15 is 0 Å². The number of benzene rings is 2. The highest BCUT2D eigenvalue weighted by Crippen LogP contribution is 2.24. The van der Waals surface area contributed by atoms with Crippen LogP contribution in [0.5, 0.6) is 0 Å². The molecule has 0 atom stereocenters. The second kappa shape index (κ2) is 4.13. The zero-order chi connectivity index (χ0) is 9.97.